The Morgan fingerprint density at radius 2 is 1.69 bits per heavy atom. The zero-order valence-electron chi connectivity index (χ0n) is 20.2. The van der Waals surface area contributed by atoms with Crippen LogP contribution in [-0.4, -0.2) is 26.6 Å². The quantitative estimate of drug-likeness (QED) is 0.440. The molecule has 190 valence electrons. The monoisotopic (exact) mass is 510 g/mol. The summed E-state index contributed by atoms with van der Waals surface area (Å²) in [4.78, 5) is 12.6. The molecule has 0 atom stereocenters. The van der Waals surface area contributed by atoms with Crippen molar-refractivity contribution in [2.45, 2.75) is 44.8 Å². The molecule has 0 saturated heterocycles. The molecule has 3 N–H and O–H groups in total. The molecule has 1 aliphatic rings. The summed E-state index contributed by atoms with van der Waals surface area (Å²) in [6.45, 7) is 0.238. The van der Waals surface area contributed by atoms with Crippen LogP contribution in [0.25, 0.3) is 11.1 Å². The van der Waals surface area contributed by atoms with Crippen molar-refractivity contribution < 1.29 is 22.3 Å². The van der Waals surface area contributed by atoms with Crippen molar-refractivity contribution in [1.29, 1.82) is 0 Å². The number of hydrogen-bond donors (Lipinski definition) is 2. The molecule has 0 unspecified atom stereocenters. The van der Waals surface area contributed by atoms with Crippen molar-refractivity contribution in [2.75, 3.05) is 6.26 Å². The molecule has 36 heavy (non-hydrogen) atoms. The average Bonchev–Trinajstić information content (AvgIpc) is 2.84. The summed E-state index contributed by atoms with van der Waals surface area (Å²) in [7, 11) is -3.32. The summed E-state index contributed by atoms with van der Waals surface area (Å²) >= 11 is 0. The van der Waals surface area contributed by atoms with Gasteiger partial charge in [0.05, 0.1) is 11.7 Å². The smallest absolute Gasteiger partial charge is 0.223 e. The van der Waals surface area contributed by atoms with E-state index in [1.54, 1.807) is 6.07 Å². The molecule has 1 saturated carbocycles. The van der Waals surface area contributed by atoms with Crippen LogP contribution in [0.3, 0.4) is 0 Å². The minimum atomic E-state index is -3.32. The van der Waals surface area contributed by atoms with Gasteiger partial charge < -0.3 is 10.5 Å². The fraction of sp³-hybridized carbons (Fsp3) is 0.321. The standard InChI is InChI=1S/C28H31FN2O4S/c1-36(33,34)31-23-13-15-28(16-14-23,27(30)32)18-21-9-5-10-22(17-21)24-11-6-12-25(29)26(24)35-19-20-7-3-2-4-8-20/h2-12,17,23,31H,13-16,18-19H2,1H3,(H2,30,32). The van der Waals surface area contributed by atoms with Gasteiger partial charge in [-0.25, -0.2) is 17.5 Å². The number of benzene rings is 3. The number of ether oxygens (including phenoxy) is 1. The maximum atomic E-state index is 14.8. The molecule has 0 bridgehead atoms. The van der Waals surface area contributed by atoms with Gasteiger partial charge >= 0.3 is 0 Å². The van der Waals surface area contributed by atoms with Crippen molar-refractivity contribution in [3.63, 3.8) is 0 Å². The number of carbonyl (C=O) groups excluding carboxylic acids is 1. The lowest BCUT2D eigenvalue weighted by Gasteiger charge is -2.38. The van der Waals surface area contributed by atoms with Gasteiger partial charge in [-0.2, -0.15) is 0 Å². The Kier molecular flexibility index (Phi) is 7.76. The first-order valence-electron chi connectivity index (χ1n) is 12.0. The molecule has 6 nitrogen and oxygen atoms in total. The Morgan fingerprint density at radius 1 is 1.03 bits per heavy atom. The second-order valence-electron chi connectivity index (χ2n) is 9.58. The van der Waals surface area contributed by atoms with Gasteiger partial charge in [0.2, 0.25) is 15.9 Å². The number of nitrogens with two attached hydrogens (primary N) is 1. The molecular formula is C28H31FN2O4S. The molecule has 0 radical (unpaired) electrons. The minimum Gasteiger partial charge on any atom is -0.485 e. The number of para-hydroxylation sites is 1. The minimum absolute atomic E-state index is 0.176. The number of halogens is 1. The van der Waals surface area contributed by atoms with Crippen molar-refractivity contribution in [3.8, 4) is 16.9 Å². The number of hydrogen-bond acceptors (Lipinski definition) is 4. The van der Waals surface area contributed by atoms with Gasteiger partial charge in [0.1, 0.15) is 6.61 Å². The third-order valence-corrected chi connectivity index (χ3v) is 7.58. The van der Waals surface area contributed by atoms with E-state index >= 15 is 0 Å². The normalized spacial score (nSPS) is 20.1. The van der Waals surface area contributed by atoms with Gasteiger partial charge in [0, 0.05) is 11.6 Å². The molecule has 1 amide bonds. The first-order valence-corrected chi connectivity index (χ1v) is 13.9. The van der Waals surface area contributed by atoms with Crippen molar-refractivity contribution in [2.24, 2.45) is 11.1 Å². The molecule has 3 aromatic rings. The summed E-state index contributed by atoms with van der Waals surface area (Å²) < 4.78 is 46.5. The molecular weight excluding hydrogens is 479 g/mol. The lowest BCUT2D eigenvalue weighted by Crippen LogP contribution is -2.46. The van der Waals surface area contributed by atoms with E-state index in [2.05, 4.69) is 4.72 Å². The highest BCUT2D eigenvalue weighted by molar-refractivity contribution is 7.88. The largest absolute Gasteiger partial charge is 0.485 e. The zero-order chi connectivity index (χ0) is 25.8. The van der Waals surface area contributed by atoms with E-state index in [9.17, 15) is 17.6 Å². The molecule has 4 rings (SSSR count). The molecule has 0 aliphatic heterocycles. The van der Waals surface area contributed by atoms with Crippen LogP contribution >= 0.6 is 0 Å². The van der Waals surface area contributed by atoms with Crippen LogP contribution in [0, 0.1) is 11.2 Å². The topological polar surface area (TPSA) is 98.5 Å². The van der Waals surface area contributed by atoms with Crippen molar-refractivity contribution >= 4 is 15.9 Å². The third-order valence-electron chi connectivity index (χ3n) is 6.82. The van der Waals surface area contributed by atoms with Crippen LogP contribution in [0.5, 0.6) is 5.75 Å². The Hall–Kier alpha value is -3.23. The van der Waals surface area contributed by atoms with Crippen LogP contribution < -0.4 is 15.2 Å². The maximum absolute atomic E-state index is 14.8. The average molecular weight is 511 g/mol. The van der Waals surface area contributed by atoms with Crippen LogP contribution in [0.1, 0.15) is 36.8 Å². The van der Waals surface area contributed by atoms with Crippen molar-refractivity contribution in [1.82, 2.24) is 4.72 Å². The van der Waals surface area contributed by atoms with E-state index in [1.807, 2.05) is 60.7 Å². The molecule has 3 aromatic carbocycles. The zero-order valence-corrected chi connectivity index (χ0v) is 21.1. The highest BCUT2D eigenvalue weighted by Crippen LogP contribution is 2.40. The molecule has 8 heteroatoms. The van der Waals surface area contributed by atoms with Gasteiger partial charge in [0.15, 0.2) is 11.6 Å². The molecule has 0 spiro atoms. The third kappa shape index (κ3) is 6.30. The van der Waals surface area contributed by atoms with Gasteiger partial charge in [-0.1, -0.05) is 66.7 Å². The van der Waals surface area contributed by atoms with Crippen LogP contribution in [0.15, 0.2) is 72.8 Å². The summed E-state index contributed by atoms with van der Waals surface area (Å²) in [5.74, 6) is -0.655. The molecule has 0 heterocycles. The summed E-state index contributed by atoms with van der Waals surface area (Å²) in [6, 6.07) is 21.8. The lowest BCUT2D eigenvalue weighted by molar-refractivity contribution is -0.129. The predicted octanol–water partition coefficient (Wildman–Crippen LogP) is 4.58. The second kappa shape index (κ2) is 10.8. The summed E-state index contributed by atoms with van der Waals surface area (Å²) in [5, 5.41) is 0. The number of sulfonamides is 1. The van der Waals surface area contributed by atoms with Gasteiger partial charge in [-0.05, 0) is 54.9 Å². The molecule has 0 aromatic heterocycles. The van der Waals surface area contributed by atoms with E-state index in [4.69, 9.17) is 10.5 Å². The van der Waals surface area contributed by atoms with E-state index in [0.29, 0.717) is 37.7 Å². The maximum Gasteiger partial charge on any atom is 0.223 e. The Labute approximate surface area is 211 Å². The van der Waals surface area contributed by atoms with Gasteiger partial charge in [0.25, 0.3) is 0 Å². The predicted molar refractivity (Wildman–Crippen MR) is 138 cm³/mol. The Balaban J connectivity index is 1.55. The van der Waals surface area contributed by atoms with Crippen LogP contribution in [0.4, 0.5) is 4.39 Å². The number of amides is 1. The first kappa shape index (κ1) is 25.9. The second-order valence-corrected chi connectivity index (χ2v) is 11.4. The van der Waals surface area contributed by atoms with Crippen LogP contribution in [0.2, 0.25) is 0 Å². The molecule has 1 aliphatic carbocycles. The first-order chi connectivity index (χ1) is 17.2. The number of nitrogens with one attached hydrogen (secondary N) is 1. The highest BCUT2D eigenvalue weighted by atomic mass is 32.2. The number of primary amides is 1. The Bertz CT molecular complexity index is 1320. The van der Waals surface area contributed by atoms with Crippen LogP contribution in [-0.2, 0) is 27.8 Å². The number of rotatable bonds is 9. The van der Waals surface area contributed by atoms with E-state index in [-0.39, 0.29) is 24.3 Å². The van der Waals surface area contributed by atoms with Crippen molar-refractivity contribution in [3.05, 3.63) is 89.7 Å². The summed E-state index contributed by atoms with van der Waals surface area (Å²) in [6.07, 6.45) is 3.63. The van der Waals surface area contributed by atoms with Gasteiger partial charge in [-0.15, -0.1) is 0 Å². The highest BCUT2D eigenvalue weighted by Gasteiger charge is 2.41. The lowest BCUT2D eigenvalue weighted by atomic mass is 9.68. The molecule has 1 fully saturated rings. The fourth-order valence-corrected chi connectivity index (χ4v) is 5.79. The fourth-order valence-electron chi connectivity index (χ4n) is 4.95. The van der Waals surface area contributed by atoms with E-state index in [0.717, 1.165) is 22.9 Å². The number of carbonyl (C=O) groups is 1. The van der Waals surface area contributed by atoms with Gasteiger partial charge in [-0.3, -0.25) is 4.79 Å². The summed E-state index contributed by atoms with van der Waals surface area (Å²) in [5.41, 5.74) is 8.35. The SMILES string of the molecule is CS(=O)(=O)NC1CCC(Cc2cccc(-c3cccc(F)c3OCc3ccccc3)c2)(C(N)=O)CC1. The van der Waals surface area contributed by atoms with E-state index < -0.39 is 21.3 Å². The van der Waals surface area contributed by atoms with E-state index in [1.165, 1.54) is 6.07 Å². The Morgan fingerprint density at radius 3 is 2.36 bits per heavy atom.